The molecule has 1 aromatic heterocycles. The smallest absolute Gasteiger partial charge is 0.337 e. The number of carboxylic acid groups (broad SMARTS) is 1. The lowest BCUT2D eigenvalue weighted by Gasteiger charge is -2.09. The molecule has 0 saturated heterocycles. The topological polar surface area (TPSA) is 112 Å². The van der Waals surface area contributed by atoms with Crippen molar-refractivity contribution in [3.63, 3.8) is 0 Å². The lowest BCUT2D eigenvalue weighted by molar-refractivity contribution is 0.0697. The summed E-state index contributed by atoms with van der Waals surface area (Å²) in [4.78, 5) is 26.8. The van der Waals surface area contributed by atoms with E-state index >= 15 is 0 Å². The summed E-state index contributed by atoms with van der Waals surface area (Å²) >= 11 is 1.50. The Morgan fingerprint density at radius 2 is 2.14 bits per heavy atom. The third-order valence-electron chi connectivity index (χ3n) is 2.59. The van der Waals surface area contributed by atoms with Crippen LogP contribution in [0.25, 0.3) is 0 Å². The molecule has 8 heteroatoms. The molecule has 1 heterocycles. The van der Waals surface area contributed by atoms with Gasteiger partial charge in [-0.1, -0.05) is 0 Å². The Labute approximate surface area is 124 Å². The average Bonchev–Trinajstić information content (AvgIpc) is 2.94. The van der Waals surface area contributed by atoms with Crippen molar-refractivity contribution in [2.45, 2.75) is 6.42 Å². The van der Waals surface area contributed by atoms with Gasteiger partial charge >= 0.3 is 12.0 Å². The van der Waals surface area contributed by atoms with E-state index in [0.29, 0.717) is 13.0 Å². The van der Waals surface area contributed by atoms with Crippen LogP contribution in [0.2, 0.25) is 0 Å². The molecule has 0 aliphatic carbocycles. The van der Waals surface area contributed by atoms with E-state index in [1.165, 1.54) is 23.5 Å². The summed E-state index contributed by atoms with van der Waals surface area (Å²) in [6, 6.07) is 3.20. The summed E-state index contributed by atoms with van der Waals surface area (Å²) in [6.07, 6.45) is 2.29. The van der Waals surface area contributed by atoms with E-state index in [0.717, 1.165) is 11.1 Å². The molecular weight excluding hydrogens is 294 g/mol. The number of rotatable bonds is 5. The van der Waals surface area contributed by atoms with Crippen LogP contribution in [0.3, 0.4) is 0 Å². The molecule has 21 heavy (non-hydrogen) atoms. The number of nitrogens with one attached hydrogen (secondary N) is 2. The summed E-state index contributed by atoms with van der Waals surface area (Å²) in [5.74, 6) is -1.41. The Morgan fingerprint density at radius 3 is 2.81 bits per heavy atom. The quantitative estimate of drug-likeness (QED) is 0.630. The van der Waals surface area contributed by atoms with Gasteiger partial charge in [-0.2, -0.15) is 0 Å². The Hall–Kier alpha value is -2.61. The molecule has 110 valence electrons. The number of aromatic carboxylic acids is 1. The molecule has 1 aromatic carbocycles. The van der Waals surface area contributed by atoms with Gasteiger partial charge in [0.2, 0.25) is 0 Å². The van der Waals surface area contributed by atoms with Crippen molar-refractivity contribution < 1.29 is 19.8 Å². The van der Waals surface area contributed by atoms with Crippen molar-refractivity contribution in [2.24, 2.45) is 0 Å². The predicted molar refractivity (Wildman–Crippen MR) is 77.9 cm³/mol. The number of aromatic hydroxyl groups is 1. The maximum atomic E-state index is 11.7. The van der Waals surface area contributed by atoms with Crippen LogP contribution in [0, 0.1) is 0 Å². The van der Waals surface area contributed by atoms with Crippen LogP contribution in [0.15, 0.2) is 29.8 Å². The highest BCUT2D eigenvalue weighted by Crippen LogP contribution is 2.21. The fourth-order valence-corrected chi connectivity index (χ4v) is 2.26. The first-order valence-corrected chi connectivity index (χ1v) is 6.94. The predicted octanol–water partition coefficient (Wildman–Crippen LogP) is 1.91. The van der Waals surface area contributed by atoms with Crippen molar-refractivity contribution in [3.8, 4) is 5.75 Å². The van der Waals surface area contributed by atoms with E-state index in [4.69, 9.17) is 5.11 Å². The fourth-order valence-electron chi connectivity index (χ4n) is 1.64. The van der Waals surface area contributed by atoms with Gasteiger partial charge in [0.1, 0.15) is 5.75 Å². The Morgan fingerprint density at radius 1 is 1.33 bits per heavy atom. The number of phenols is 1. The number of hydrogen-bond acceptors (Lipinski definition) is 5. The van der Waals surface area contributed by atoms with E-state index in [2.05, 4.69) is 15.6 Å². The molecule has 0 spiro atoms. The van der Waals surface area contributed by atoms with Gasteiger partial charge in [-0.05, 0) is 18.2 Å². The van der Waals surface area contributed by atoms with Gasteiger partial charge < -0.3 is 20.8 Å². The number of anilines is 1. The Bertz CT molecular complexity index is 643. The highest BCUT2D eigenvalue weighted by atomic mass is 32.1. The van der Waals surface area contributed by atoms with Crippen LogP contribution >= 0.6 is 11.3 Å². The molecule has 2 amide bonds. The maximum Gasteiger partial charge on any atom is 0.337 e. The SMILES string of the molecule is O=C(NCCc1nccs1)Nc1ccc(O)cc1C(=O)O. The number of carbonyl (C=O) groups is 2. The molecule has 0 fully saturated rings. The monoisotopic (exact) mass is 307 g/mol. The number of thiazole rings is 1. The third-order valence-corrected chi connectivity index (χ3v) is 3.43. The summed E-state index contributed by atoms with van der Waals surface area (Å²) in [5.41, 5.74) is -0.0582. The molecule has 2 aromatic rings. The number of urea groups is 1. The molecule has 0 bridgehead atoms. The highest BCUT2D eigenvalue weighted by Gasteiger charge is 2.13. The zero-order valence-corrected chi connectivity index (χ0v) is 11.7. The average molecular weight is 307 g/mol. The number of amides is 2. The first-order valence-electron chi connectivity index (χ1n) is 6.06. The number of hydrogen-bond donors (Lipinski definition) is 4. The van der Waals surface area contributed by atoms with E-state index in [1.807, 2.05) is 5.38 Å². The number of carboxylic acids is 1. The van der Waals surface area contributed by atoms with Crippen molar-refractivity contribution in [3.05, 3.63) is 40.3 Å². The molecule has 0 aliphatic heterocycles. The molecule has 7 nitrogen and oxygen atoms in total. The zero-order valence-electron chi connectivity index (χ0n) is 10.9. The van der Waals surface area contributed by atoms with E-state index in [-0.39, 0.29) is 17.0 Å². The van der Waals surface area contributed by atoms with Crippen LogP contribution in [-0.4, -0.2) is 33.7 Å². The van der Waals surface area contributed by atoms with Crippen molar-refractivity contribution in [2.75, 3.05) is 11.9 Å². The van der Waals surface area contributed by atoms with Gasteiger partial charge in [-0.15, -0.1) is 11.3 Å². The molecule has 4 N–H and O–H groups in total. The molecule has 0 aliphatic rings. The van der Waals surface area contributed by atoms with E-state index in [1.54, 1.807) is 6.20 Å². The Balaban J connectivity index is 1.92. The number of aromatic nitrogens is 1. The Kier molecular flexibility index (Phi) is 4.72. The number of benzene rings is 1. The summed E-state index contributed by atoms with van der Waals surface area (Å²) < 4.78 is 0. The lowest BCUT2D eigenvalue weighted by atomic mass is 10.1. The molecular formula is C13H13N3O4S. The number of nitrogens with zero attached hydrogens (tertiary/aromatic N) is 1. The second-order valence-electron chi connectivity index (χ2n) is 4.09. The minimum atomic E-state index is -1.23. The van der Waals surface area contributed by atoms with Crippen LogP contribution < -0.4 is 10.6 Å². The van der Waals surface area contributed by atoms with Crippen LogP contribution in [0.1, 0.15) is 15.4 Å². The standard InChI is InChI=1S/C13H13N3O4S/c17-8-1-2-10(9(7-8)12(18)19)16-13(20)15-4-3-11-14-5-6-21-11/h1-2,5-7,17H,3-4H2,(H,18,19)(H2,15,16,20). The minimum Gasteiger partial charge on any atom is -0.508 e. The van der Waals surface area contributed by atoms with Crippen molar-refractivity contribution in [1.29, 1.82) is 0 Å². The van der Waals surface area contributed by atoms with Gasteiger partial charge in [0.05, 0.1) is 16.3 Å². The molecule has 0 atom stereocenters. The van der Waals surface area contributed by atoms with Crippen LogP contribution in [-0.2, 0) is 6.42 Å². The summed E-state index contributed by atoms with van der Waals surface area (Å²) in [6.45, 7) is 0.389. The molecule has 0 saturated carbocycles. The molecule has 0 unspecified atom stereocenters. The number of phenolic OH excluding ortho intramolecular Hbond substituents is 1. The fraction of sp³-hybridized carbons (Fsp3) is 0.154. The van der Waals surface area contributed by atoms with Gasteiger partial charge in [-0.3, -0.25) is 0 Å². The lowest BCUT2D eigenvalue weighted by Crippen LogP contribution is -2.31. The van der Waals surface area contributed by atoms with Gasteiger partial charge in [0, 0.05) is 24.5 Å². The van der Waals surface area contributed by atoms with E-state index < -0.39 is 12.0 Å². The minimum absolute atomic E-state index is 0.118. The van der Waals surface area contributed by atoms with Crippen LogP contribution in [0.5, 0.6) is 5.75 Å². The van der Waals surface area contributed by atoms with Crippen molar-refractivity contribution >= 4 is 29.0 Å². The maximum absolute atomic E-state index is 11.7. The van der Waals surface area contributed by atoms with Gasteiger partial charge in [-0.25, -0.2) is 14.6 Å². The van der Waals surface area contributed by atoms with Gasteiger partial charge in [0.15, 0.2) is 0 Å². The van der Waals surface area contributed by atoms with Crippen molar-refractivity contribution in [1.82, 2.24) is 10.3 Å². The second kappa shape index (κ2) is 6.71. The normalized spacial score (nSPS) is 10.1. The second-order valence-corrected chi connectivity index (χ2v) is 5.07. The van der Waals surface area contributed by atoms with E-state index in [9.17, 15) is 14.7 Å². The highest BCUT2D eigenvalue weighted by molar-refractivity contribution is 7.09. The summed E-state index contributed by atoms with van der Waals surface area (Å²) in [5, 5.41) is 26.1. The first-order chi connectivity index (χ1) is 10.1. The largest absolute Gasteiger partial charge is 0.508 e. The van der Waals surface area contributed by atoms with Crippen LogP contribution in [0.4, 0.5) is 10.5 Å². The number of carbonyl (C=O) groups excluding carboxylic acids is 1. The first kappa shape index (κ1) is 14.8. The third kappa shape index (κ3) is 4.18. The molecule has 2 rings (SSSR count). The summed E-state index contributed by atoms with van der Waals surface area (Å²) in [7, 11) is 0. The zero-order chi connectivity index (χ0) is 15.2. The van der Waals surface area contributed by atoms with Gasteiger partial charge in [0.25, 0.3) is 0 Å². The molecule has 0 radical (unpaired) electrons.